The number of rotatable bonds is 7. The van der Waals surface area contributed by atoms with E-state index in [2.05, 4.69) is 21.6 Å². The zero-order chi connectivity index (χ0) is 19.3. The maximum absolute atomic E-state index is 12.1. The minimum atomic E-state index is -0.711. The molecule has 1 N–H and O–H groups in total. The molecule has 1 amide bonds. The van der Waals surface area contributed by atoms with Crippen molar-refractivity contribution in [3.8, 4) is 11.8 Å². The lowest BCUT2D eigenvalue weighted by Gasteiger charge is -2.21. The van der Waals surface area contributed by atoms with Gasteiger partial charge < -0.3 is 14.5 Å². The average Bonchev–Trinajstić information content (AvgIpc) is 3.31. The molecule has 7 nitrogen and oxygen atoms in total. The molecular weight excluding hydrogens is 364 g/mol. The second-order valence-electron chi connectivity index (χ2n) is 6.76. The van der Waals surface area contributed by atoms with Crippen molar-refractivity contribution in [2.24, 2.45) is 0 Å². The molecule has 3 rings (SSSR count). The highest BCUT2D eigenvalue weighted by Crippen LogP contribution is 2.29. The monoisotopic (exact) mass is 386 g/mol. The zero-order valence-corrected chi connectivity index (χ0v) is 16.3. The van der Waals surface area contributed by atoms with Gasteiger partial charge in [0.1, 0.15) is 11.3 Å². The summed E-state index contributed by atoms with van der Waals surface area (Å²) in [6.45, 7) is 4.14. The summed E-state index contributed by atoms with van der Waals surface area (Å²) in [5.41, 5.74) is 1.43. The summed E-state index contributed by atoms with van der Waals surface area (Å²) in [6, 6.07) is 8.22. The highest BCUT2D eigenvalue weighted by Gasteiger charge is 2.35. The summed E-state index contributed by atoms with van der Waals surface area (Å²) in [4.78, 5) is 12.1. The molecule has 0 aliphatic heterocycles. The normalized spacial score (nSPS) is 15.3. The van der Waals surface area contributed by atoms with E-state index in [0.29, 0.717) is 24.0 Å². The fourth-order valence-electron chi connectivity index (χ4n) is 3.03. The minimum Gasteiger partial charge on any atom is -0.484 e. The molecule has 1 aliphatic carbocycles. The predicted molar refractivity (Wildman–Crippen MR) is 100 cm³/mol. The average molecular weight is 386 g/mol. The van der Waals surface area contributed by atoms with Crippen LogP contribution in [0.25, 0.3) is 0 Å². The van der Waals surface area contributed by atoms with Crippen LogP contribution in [0, 0.1) is 25.2 Å². The molecule has 0 atom stereocenters. The Labute approximate surface area is 162 Å². The predicted octanol–water partition coefficient (Wildman–Crippen LogP) is 3.31. The lowest BCUT2D eigenvalue weighted by atomic mass is 10.0. The summed E-state index contributed by atoms with van der Waals surface area (Å²) in [7, 11) is 0. The molecule has 1 fully saturated rings. The SMILES string of the molecule is Cc1ccc(C)c(OCc2nnc(SCC(=O)NC3(C#N)CCCC3)o2)c1. The second-order valence-corrected chi connectivity index (χ2v) is 7.68. The van der Waals surface area contributed by atoms with Crippen LogP contribution >= 0.6 is 11.8 Å². The van der Waals surface area contributed by atoms with E-state index >= 15 is 0 Å². The van der Waals surface area contributed by atoms with E-state index in [1.54, 1.807) is 0 Å². The molecule has 8 heteroatoms. The number of nitriles is 1. The van der Waals surface area contributed by atoms with Crippen molar-refractivity contribution in [1.82, 2.24) is 15.5 Å². The smallest absolute Gasteiger partial charge is 0.277 e. The highest BCUT2D eigenvalue weighted by atomic mass is 32.2. The molecule has 0 unspecified atom stereocenters. The van der Waals surface area contributed by atoms with Gasteiger partial charge in [0.2, 0.25) is 5.91 Å². The number of hydrogen-bond donors (Lipinski definition) is 1. The third-order valence-electron chi connectivity index (χ3n) is 4.52. The molecule has 142 valence electrons. The van der Waals surface area contributed by atoms with Gasteiger partial charge in [0.15, 0.2) is 6.61 Å². The Morgan fingerprint density at radius 2 is 2.15 bits per heavy atom. The number of benzene rings is 1. The molecular formula is C19H22N4O3S. The number of carbonyl (C=O) groups excluding carboxylic acids is 1. The molecule has 2 aromatic rings. The number of amides is 1. The molecule has 27 heavy (non-hydrogen) atoms. The minimum absolute atomic E-state index is 0.128. The van der Waals surface area contributed by atoms with Crippen LogP contribution in [-0.4, -0.2) is 27.4 Å². The van der Waals surface area contributed by atoms with Crippen molar-refractivity contribution in [1.29, 1.82) is 5.26 Å². The molecule has 1 aromatic heterocycles. The first-order chi connectivity index (χ1) is 13.0. The van der Waals surface area contributed by atoms with E-state index in [1.807, 2.05) is 32.0 Å². The third-order valence-corrected chi connectivity index (χ3v) is 5.34. The summed E-state index contributed by atoms with van der Waals surface area (Å²) in [6.07, 6.45) is 3.35. The van der Waals surface area contributed by atoms with Gasteiger partial charge in [0.25, 0.3) is 11.1 Å². The van der Waals surface area contributed by atoms with Crippen molar-refractivity contribution in [3.05, 3.63) is 35.2 Å². The first-order valence-corrected chi connectivity index (χ1v) is 9.86. The summed E-state index contributed by atoms with van der Waals surface area (Å²) < 4.78 is 11.3. The fourth-order valence-corrected chi connectivity index (χ4v) is 3.61. The molecule has 0 bridgehead atoms. The van der Waals surface area contributed by atoms with Gasteiger partial charge in [-0.2, -0.15) is 5.26 Å². The van der Waals surface area contributed by atoms with Gasteiger partial charge >= 0.3 is 0 Å². The van der Waals surface area contributed by atoms with Gasteiger partial charge in [-0.15, -0.1) is 10.2 Å². The molecule has 0 saturated heterocycles. The van der Waals surface area contributed by atoms with E-state index in [0.717, 1.165) is 41.5 Å². The summed E-state index contributed by atoms with van der Waals surface area (Å²) in [5, 5.41) is 20.3. The maximum Gasteiger partial charge on any atom is 0.277 e. The van der Waals surface area contributed by atoms with Crippen molar-refractivity contribution in [2.45, 2.75) is 56.9 Å². The number of nitrogens with zero attached hydrogens (tertiary/aromatic N) is 3. The van der Waals surface area contributed by atoms with Gasteiger partial charge in [-0.25, -0.2) is 0 Å². The number of ether oxygens (including phenoxy) is 1. The van der Waals surface area contributed by atoms with Crippen LogP contribution in [0.2, 0.25) is 0 Å². The van der Waals surface area contributed by atoms with Gasteiger partial charge in [0, 0.05) is 0 Å². The van der Waals surface area contributed by atoms with Crippen LogP contribution in [0.5, 0.6) is 5.75 Å². The zero-order valence-electron chi connectivity index (χ0n) is 15.4. The van der Waals surface area contributed by atoms with Crippen LogP contribution in [-0.2, 0) is 11.4 Å². The first-order valence-electron chi connectivity index (χ1n) is 8.87. The molecule has 1 aliphatic rings. The lowest BCUT2D eigenvalue weighted by molar-refractivity contribution is -0.119. The van der Waals surface area contributed by atoms with Gasteiger partial charge in [-0.05, 0) is 56.7 Å². The molecule has 0 spiro atoms. The molecule has 0 radical (unpaired) electrons. The largest absolute Gasteiger partial charge is 0.484 e. The Kier molecular flexibility index (Phi) is 6.01. The Hall–Kier alpha value is -2.53. The second kappa shape index (κ2) is 8.44. The van der Waals surface area contributed by atoms with E-state index < -0.39 is 5.54 Å². The van der Waals surface area contributed by atoms with Crippen molar-refractivity contribution in [2.75, 3.05) is 5.75 Å². The van der Waals surface area contributed by atoms with Crippen molar-refractivity contribution >= 4 is 17.7 Å². The number of aryl methyl sites for hydroxylation is 2. The van der Waals surface area contributed by atoms with Gasteiger partial charge in [-0.3, -0.25) is 4.79 Å². The van der Waals surface area contributed by atoms with Gasteiger partial charge in [-0.1, -0.05) is 23.9 Å². The van der Waals surface area contributed by atoms with Crippen molar-refractivity contribution < 1.29 is 13.9 Å². The Morgan fingerprint density at radius 3 is 2.89 bits per heavy atom. The third kappa shape index (κ3) is 5.01. The topological polar surface area (TPSA) is 101 Å². The van der Waals surface area contributed by atoms with E-state index in [1.165, 1.54) is 0 Å². The molecule has 1 aromatic carbocycles. The number of nitrogens with one attached hydrogen (secondary N) is 1. The fraction of sp³-hybridized carbons (Fsp3) is 0.474. The Balaban J connectivity index is 1.48. The van der Waals surface area contributed by atoms with E-state index in [-0.39, 0.29) is 18.3 Å². The van der Waals surface area contributed by atoms with Crippen LogP contribution in [0.4, 0.5) is 0 Å². The van der Waals surface area contributed by atoms with Crippen molar-refractivity contribution in [3.63, 3.8) is 0 Å². The number of aromatic nitrogens is 2. The number of thioether (sulfide) groups is 1. The van der Waals surface area contributed by atoms with Crippen LogP contribution in [0.15, 0.2) is 27.8 Å². The lowest BCUT2D eigenvalue weighted by Crippen LogP contribution is -2.45. The summed E-state index contributed by atoms with van der Waals surface area (Å²) in [5.74, 6) is 1.06. The van der Waals surface area contributed by atoms with Crippen LogP contribution < -0.4 is 10.1 Å². The highest BCUT2D eigenvalue weighted by molar-refractivity contribution is 7.99. The molecule has 1 heterocycles. The standard InChI is InChI=1S/C19H22N4O3S/c1-13-5-6-14(2)15(9-13)25-10-17-22-23-18(26-17)27-11-16(24)21-19(12-20)7-3-4-8-19/h5-6,9H,3-4,7-8,10-11H2,1-2H3,(H,21,24). The van der Waals surface area contributed by atoms with E-state index in [9.17, 15) is 10.1 Å². The quantitative estimate of drug-likeness (QED) is 0.728. The first kappa shape index (κ1) is 19.2. The summed E-state index contributed by atoms with van der Waals surface area (Å²) >= 11 is 1.15. The Bertz CT molecular complexity index is 853. The number of hydrogen-bond acceptors (Lipinski definition) is 7. The maximum atomic E-state index is 12.1. The number of carbonyl (C=O) groups is 1. The van der Waals surface area contributed by atoms with Crippen LogP contribution in [0.3, 0.4) is 0 Å². The van der Waals surface area contributed by atoms with Gasteiger partial charge in [0.05, 0.1) is 11.8 Å². The van der Waals surface area contributed by atoms with E-state index in [4.69, 9.17) is 9.15 Å². The Morgan fingerprint density at radius 1 is 1.37 bits per heavy atom. The van der Waals surface area contributed by atoms with Crippen LogP contribution in [0.1, 0.15) is 42.7 Å². The molecule has 1 saturated carbocycles.